The van der Waals surface area contributed by atoms with E-state index >= 15 is 0 Å². The molecule has 0 fully saturated rings. The number of hydrogen-bond acceptors (Lipinski definition) is 2. The molecule has 0 N–H and O–H groups in total. The molecule has 0 atom stereocenters. The van der Waals surface area contributed by atoms with Crippen molar-refractivity contribution in [3.63, 3.8) is 0 Å². The van der Waals surface area contributed by atoms with E-state index in [1.165, 1.54) is 43.9 Å². The highest BCUT2D eigenvalue weighted by atomic mass is 28.3. The molecule has 0 aromatic rings. The molecule has 212 valence electrons. The van der Waals surface area contributed by atoms with Crippen molar-refractivity contribution >= 4 is 8.40 Å². The average molecular weight is 578 g/mol. The van der Waals surface area contributed by atoms with Crippen LogP contribution in [0, 0.1) is 0 Å². The summed E-state index contributed by atoms with van der Waals surface area (Å²) >= 11 is 0. The zero-order valence-electron chi connectivity index (χ0n) is 18.2. The van der Waals surface area contributed by atoms with Crippen LogP contribution in [0.5, 0.6) is 0 Å². The van der Waals surface area contributed by atoms with Crippen molar-refractivity contribution < 1.29 is 74.6 Å². The van der Waals surface area contributed by atoms with Crippen molar-refractivity contribution in [3.05, 3.63) is 0 Å². The maximum absolute atomic E-state index is 14.1. The highest BCUT2D eigenvalue weighted by molar-refractivity contribution is 6.73. The lowest BCUT2D eigenvalue weighted by Crippen LogP contribution is -2.74. The van der Waals surface area contributed by atoms with Gasteiger partial charge in [-0.2, -0.15) is 74.6 Å². The first-order chi connectivity index (χ1) is 14.8. The lowest BCUT2D eigenvalue weighted by Gasteiger charge is -2.44. The van der Waals surface area contributed by atoms with E-state index in [4.69, 9.17) is 0 Å². The van der Waals surface area contributed by atoms with Gasteiger partial charge in [0.2, 0.25) is 8.40 Å². The molecule has 0 aliphatic rings. The number of hydrogen-bond donors (Lipinski definition) is 0. The van der Waals surface area contributed by atoms with E-state index in [1.54, 1.807) is 0 Å². The Labute approximate surface area is 188 Å². The minimum atomic E-state index is -8.60. The van der Waals surface area contributed by atoms with Gasteiger partial charge in [-0.25, -0.2) is 0 Å². The first-order valence-corrected chi connectivity index (χ1v) is 11.5. The molecule has 0 amide bonds. The fraction of sp³-hybridized carbons (Fsp3) is 1.00. The van der Waals surface area contributed by atoms with Crippen LogP contribution in [0.4, 0.5) is 74.6 Å². The van der Waals surface area contributed by atoms with E-state index in [1.807, 2.05) is 0 Å². The summed E-state index contributed by atoms with van der Waals surface area (Å²) in [4.78, 5) is 0. The molecule has 0 radical (unpaired) electrons. The Balaban J connectivity index is 6.59. The molecule has 0 aromatic heterocycles. The van der Waals surface area contributed by atoms with E-state index in [9.17, 15) is 74.6 Å². The highest BCUT2D eigenvalue weighted by Gasteiger charge is 2.95. The average Bonchev–Trinajstić information content (AvgIpc) is 2.63. The molecular weight excluding hydrogens is 559 g/mol. The van der Waals surface area contributed by atoms with Gasteiger partial charge in [0, 0.05) is 6.42 Å². The van der Waals surface area contributed by atoms with Crippen LogP contribution in [0.25, 0.3) is 0 Å². The van der Waals surface area contributed by atoms with E-state index in [0.717, 1.165) is 0 Å². The Morgan fingerprint density at radius 2 is 0.714 bits per heavy atom. The van der Waals surface area contributed by atoms with Gasteiger partial charge in [-0.15, -0.1) is 0 Å². The van der Waals surface area contributed by atoms with E-state index < -0.39 is 68.5 Å². The van der Waals surface area contributed by atoms with Crippen LogP contribution in [-0.2, 0) is 0 Å². The number of halogens is 17. The predicted molar refractivity (Wildman–Crippen MR) is 89.1 cm³/mol. The Kier molecular flexibility index (Phi) is 8.78. The Bertz CT molecular complexity index is 736. The zero-order valence-corrected chi connectivity index (χ0v) is 19.2. The maximum atomic E-state index is 14.1. The maximum Gasteiger partial charge on any atom is 0.460 e. The topological polar surface area (TPSA) is 6.48 Å². The SMILES string of the molecule is CN(C)[Si](C)(CCC(F)(F)C(F)(F)C(F)(F)C(F)(F)C(F)(F)C(F)(F)C(F)(F)C(F)(F)F)N(C)C. The van der Waals surface area contributed by atoms with Crippen molar-refractivity contribution in [2.45, 2.75) is 66.6 Å². The molecule has 0 aliphatic heterocycles. The number of alkyl halides is 17. The summed E-state index contributed by atoms with van der Waals surface area (Å²) in [5.41, 5.74) is 0. The first-order valence-electron chi connectivity index (χ1n) is 8.91. The molecule has 2 nitrogen and oxygen atoms in total. The summed E-state index contributed by atoms with van der Waals surface area (Å²) in [6.45, 7) is 1.20. The molecule has 35 heavy (non-hydrogen) atoms. The summed E-state index contributed by atoms with van der Waals surface area (Å²) in [6, 6.07) is -1.13. The molecule has 0 bridgehead atoms. The highest BCUT2D eigenvalue weighted by Crippen LogP contribution is 2.64. The summed E-state index contributed by atoms with van der Waals surface area (Å²) < 4.78 is 228. The molecule has 0 unspecified atom stereocenters. The second kappa shape index (κ2) is 9.05. The van der Waals surface area contributed by atoms with E-state index in [-0.39, 0.29) is 0 Å². The quantitative estimate of drug-likeness (QED) is 0.202. The summed E-state index contributed by atoms with van der Waals surface area (Å²) in [5, 5.41) is 0. The van der Waals surface area contributed by atoms with Crippen molar-refractivity contribution in [2.24, 2.45) is 0 Å². The molecule has 0 spiro atoms. The summed E-state index contributed by atoms with van der Waals surface area (Å²) in [7, 11) is 1.54. The van der Waals surface area contributed by atoms with Crippen LogP contribution >= 0.6 is 0 Å². The zero-order chi connectivity index (χ0) is 29.1. The number of rotatable bonds is 11. The first kappa shape index (κ1) is 33.9. The molecule has 0 heterocycles. The molecule has 0 saturated carbocycles. The van der Waals surface area contributed by atoms with Crippen LogP contribution in [0.2, 0.25) is 12.6 Å². The lowest BCUT2D eigenvalue weighted by molar-refractivity contribution is -0.461. The van der Waals surface area contributed by atoms with Crippen LogP contribution in [-0.4, -0.2) is 93.4 Å². The third-order valence-electron chi connectivity index (χ3n) is 5.63. The number of nitrogens with zero attached hydrogens (tertiary/aromatic N) is 2. The second-order valence-electron chi connectivity index (χ2n) is 8.15. The predicted octanol–water partition coefficient (Wildman–Crippen LogP) is 6.58. The van der Waals surface area contributed by atoms with Crippen molar-refractivity contribution in [1.82, 2.24) is 9.13 Å². The normalized spacial score (nSPS) is 16.5. The van der Waals surface area contributed by atoms with E-state index in [0.29, 0.717) is 0 Å². The Morgan fingerprint density at radius 1 is 0.457 bits per heavy atom. The smallest absolute Gasteiger partial charge is 0.317 e. The van der Waals surface area contributed by atoms with Gasteiger partial charge in [-0.05, 0) is 40.8 Å². The Hall–Kier alpha value is -1.05. The summed E-state index contributed by atoms with van der Waals surface area (Å²) in [6.07, 6.45) is -10.2. The Morgan fingerprint density at radius 3 is 0.971 bits per heavy atom. The van der Waals surface area contributed by atoms with Crippen LogP contribution in [0.1, 0.15) is 6.42 Å². The summed E-state index contributed by atoms with van der Waals surface area (Å²) in [5.74, 6) is -56.0. The monoisotopic (exact) mass is 578 g/mol. The van der Waals surface area contributed by atoms with Crippen LogP contribution in [0.3, 0.4) is 0 Å². The van der Waals surface area contributed by atoms with Gasteiger partial charge in [-0.1, -0.05) is 0 Å². The van der Waals surface area contributed by atoms with Gasteiger partial charge in [0.1, 0.15) is 0 Å². The lowest BCUT2D eigenvalue weighted by atomic mass is 9.88. The third kappa shape index (κ3) is 4.82. The van der Waals surface area contributed by atoms with Gasteiger partial charge in [-0.3, -0.25) is 0 Å². The molecule has 0 rings (SSSR count). The fourth-order valence-corrected chi connectivity index (χ4v) is 5.08. The van der Waals surface area contributed by atoms with Gasteiger partial charge in [0.15, 0.2) is 0 Å². The van der Waals surface area contributed by atoms with Gasteiger partial charge >= 0.3 is 47.6 Å². The molecular formula is C15H19F17N2Si. The van der Waals surface area contributed by atoms with Gasteiger partial charge in [0.05, 0.1) is 0 Å². The molecule has 0 saturated heterocycles. The largest absolute Gasteiger partial charge is 0.460 e. The minimum absolute atomic E-state index is 1.13. The van der Waals surface area contributed by atoms with Crippen molar-refractivity contribution in [1.29, 1.82) is 0 Å². The molecule has 0 aliphatic carbocycles. The third-order valence-corrected chi connectivity index (χ3v) is 10.7. The molecule has 0 aromatic carbocycles. The van der Waals surface area contributed by atoms with Gasteiger partial charge < -0.3 is 9.13 Å². The van der Waals surface area contributed by atoms with Gasteiger partial charge in [0.25, 0.3) is 0 Å². The second-order valence-corrected chi connectivity index (χ2v) is 12.9. The van der Waals surface area contributed by atoms with Crippen LogP contribution < -0.4 is 0 Å². The minimum Gasteiger partial charge on any atom is -0.317 e. The standard InChI is InChI=1S/C15H19F17N2Si/c1-33(2)35(5,34(3)4)7-6-8(16,17)9(18,19)10(20,21)11(22,23)12(24,25)13(26,27)14(28,29)15(30,31)32/h6-7H2,1-5H3. The van der Waals surface area contributed by atoms with Crippen molar-refractivity contribution in [3.8, 4) is 0 Å². The van der Waals surface area contributed by atoms with Crippen molar-refractivity contribution in [2.75, 3.05) is 28.2 Å². The van der Waals surface area contributed by atoms with Crippen LogP contribution in [0.15, 0.2) is 0 Å². The molecule has 20 heteroatoms. The van der Waals surface area contributed by atoms with E-state index in [2.05, 4.69) is 0 Å². The fourth-order valence-electron chi connectivity index (χ4n) is 2.59.